The first-order valence-electron chi connectivity index (χ1n) is 5.22. The van der Waals surface area contributed by atoms with Gasteiger partial charge in [0.05, 0.1) is 16.3 Å². The van der Waals surface area contributed by atoms with E-state index >= 15 is 0 Å². The highest BCUT2D eigenvalue weighted by atomic mass is 79.9. The third-order valence-corrected chi connectivity index (χ3v) is 3.19. The Bertz CT molecular complexity index is 649. The molecule has 2 aromatic carbocycles. The summed E-state index contributed by atoms with van der Waals surface area (Å²) in [6.07, 6.45) is 0. The summed E-state index contributed by atoms with van der Waals surface area (Å²) in [6.45, 7) is 0. The molecule has 6 heteroatoms. The molecule has 2 N–H and O–H groups in total. The van der Waals surface area contributed by atoms with Crippen molar-refractivity contribution in [3.05, 3.63) is 57.3 Å². The molecule has 0 spiro atoms. The first kappa shape index (κ1) is 13.8. The number of nitrogens with one attached hydrogen (secondary N) is 1. The average molecular weight is 345 g/mol. The maximum Gasteiger partial charge on any atom is 0.337 e. The lowest BCUT2D eigenvalue weighted by Gasteiger charge is -2.10. The monoisotopic (exact) mass is 343 g/mol. The van der Waals surface area contributed by atoms with Gasteiger partial charge in [0.15, 0.2) is 0 Å². The van der Waals surface area contributed by atoms with Crippen molar-refractivity contribution < 1.29 is 14.3 Å². The zero-order valence-corrected chi connectivity index (χ0v) is 11.8. The Morgan fingerprint density at radius 1 is 1.26 bits per heavy atom. The van der Waals surface area contributed by atoms with Crippen LogP contribution in [0.25, 0.3) is 0 Å². The Balaban J connectivity index is 2.37. The van der Waals surface area contributed by atoms with Crippen molar-refractivity contribution in [2.24, 2.45) is 0 Å². The number of carboxylic acid groups (broad SMARTS) is 1. The number of carbonyl (C=O) groups is 1. The molecule has 0 amide bonds. The molecule has 19 heavy (non-hydrogen) atoms. The van der Waals surface area contributed by atoms with Gasteiger partial charge >= 0.3 is 5.97 Å². The van der Waals surface area contributed by atoms with E-state index in [0.717, 1.165) is 0 Å². The van der Waals surface area contributed by atoms with Crippen molar-refractivity contribution in [1.29, 1.82) is 0 Å². The van der Waals surface area contributed by atoms with Crippen molar-refractivity contribution in [1.82, 2.24) is 0 Å². The Morgan fingerprint density at radius 3 is 2.63 bits per heavy atom. The highest BCUT2D eigenvalue weighted by Gasteiger charge is 2.11. The number of carboxylic acids is 1. The summed E-state index contributed by atoms with van der Waals surface area (Å²) >= 11 is 8.88. The van der Waals surface area contributed by atoms with E-state index in [1.54, 1.807) is 12.1 Å². The maximum atomic E-state index is 13.0. The largest absolute Gasteiger partial charge is 0.478 e. The van der Waals surface area contributed by atoms with Crippen molar-refractivity contribution in [2.45, 2.75) is 0 Å². The highest BCUT2D eigenvalue weighted by Crippen LogP contribution is 2.27. The first-order chi connectivity index (χ1) is 8.97. The summed E-state index contributed by atoms with van der Waals surface area (Å²) in [7, 11) is 0. The number of aromatic carboxylic acids is 1. The van der Waals surface area contributed by atoms with E-state index in [1.807, 2.05) is 0 Å². The summed E-state index contributed by atoms with van der Waals surface area (Å²) < 4.78 is 13.7. The minimum atomic E-state index is -1.06. The van der Waals surface area contributed by atoms with Crippen LogP contribution in [0.1, 0.15) is 10.4 Å². The second-order valence-corrected chi connectivity index (χ2v) is 5.07. The number of anilines is 2. The summed E-state index contributed by atoms with van der Waals surface area (Å²) in [6, 6.07) is 8.89. The van der Waals surface area contributed by atoms with Gasteiger partial charge in [0, 0.05) is 10.2 Å². The van der Waals surface area contributed by atoms with E-state index in [2.05, 4.69) is 21.2 Å². The molecule has 0 aliphatic carbocycles. The third-order valence-electron chi connectivity index (χ3n) is 2.41. The zero-order valence-electron chi connectivity index (χ0n) is 9.45. The normalized spacial score (nSPS) is 10.3. The molecule has 0 aliphatic rings. The standard InChI is InChI=1S/C13H8BrClFNO2/c14-7-1-4-12(9(5-7)13(18)19)17-8-2-3-11(16)10(15)6-8/h1-6,17H,(H,18,19). The van der Waals surface area contributed by atoms with Crippen LogP contribution in [0.3, 0.4) is 0 Å². The van der Waals surface area contributed by atoms with Crippen LogP contribution >= 0.6 is 27.5 Å². The predicted octanol–water partition coefficient (Wildman–Crippen LogP) is 4.68. The SMILES string of the molecule is O=C(O)c1cc(Br)ccc1Nc1ccc(F)c(Cl)c1. The van der Waals surface area contributed by atoms with E-state index in [1.165, 1.54) is 24.3 Å². The average Bonchev–Trinajstić information content (AvgIpc) is 2.36. The lowest BCUT2D eigenvalue weighted by atomic mass is 10.1. The van der Waals surface area contributed by atoms with E-state index in [4.69, 9.17) is 16.7 Å². The van der Waals surface area contributed by atoms with Crippen molar-refractivity contribution >= 4 is 44.9 Å². The minimum absolute atomic E-state index is 0.0287. The Morgan fingerprint density at radius 2 is 2.00 bits per heavy atom. The summed E-state index contributed by atoms with van der Waals surface area (Å²) in [5.74, 6) is -1.58. The molecule has 3 nitrogen and oxygen atoms in total. The van der Waals surface area contributed by atoms with Gasteiger partial charge in [-0.1, -0.05) is 27.5 Å². The second kappa shape index (κ2) is 5.59. The van der Waals surface area contributed by atoms with Crippen molar-refractivity contribution in [3.63, 3.8) is 0 Å². The number of benzene rings is 2. The van der Waals surface area contributed by atoms with Gasteiger partial charge in [0.1, 0.15) is 5.82 Å². The van der Waals surface area contributed by atoms with Crippen LogP contribution in [0.5, 0.6) is 0 Å². The molecule has 2 aromatic rings. The molecule has 0 fully saturated rings. The highest BCUT2D eigenvalue weighted by molar-refractivity contribution is 9.10. The minimum Gasteiger partial charge on any atom is -0.478 e. The number of hydrogen-bond donors (Lipinski definition) is 2. The Hall–Kier alpha value is -1.59. The van der Waals surface area contributed by atoms with Gasteiger partial charge in [-0.05, 0) is 36.4 Å². The number of hydrogen-bond acceptors (Lipinski definition) is 2. The molecule has 0 unspecified atom stereocenters. The molecule has 98 valence electrons. The van der Waals surface area contributed by atoms with Crippen molar-refractivity contribution in [3.8, 4) is 0 Å². The fraction of sp³-hybridized carbons (Fsp3) is 0. The van der Waals surface area contributed by atoms with Gasteiger partial charge in [-0.2, -0.15) is 0 Å². The van der Waals surface area contributed by atoms with E-state index in [9.17, 15) is 9.18 Å². The molecule has 0 saturated carbocycles. The fourth-order valence-electron chi connectivity index (χ4n) is 1.53. The van der Waals surface area contributed by atoms with Crippen LogP contribution in [0, 0.1) is 5.82 Å². The summed E-state index contributed by atoms with van der Waals surface area (Å²) in [5.41, 5.74) is 1.02. The van der Waals surface area contributed by atoms with Crippen LogP contribution in [-0.4, -0.2) is 11.1 Å². The quantitative estimate of drug-likeness (QED) is 0.849. The van der Waals surface area contributed by atoms with Crippen LogP contribution in [0.2, 0.25) is 5.02 Å². The summed E-state index contributed by atoms with van der Waals surface area (Å²) in [5, 5.41) is 12.0. The molecule has 0 radical (unpaired) electrons. The molecule has 0 atom stereocenters. The van der Waals surface area contributed by atoms with Gasteiger partial charge in [-0.3, -0.25) is 0 Å². The molecule has 0 aromatic heterocycles. The van der Waals surface area contributed by atoms with Gasteiger partial charge in [0.25, 0.3) is 0 Å². The van der Waals surface area contributed by atoms with Crippen LogP contribution in [0.15, 0.2) is 40.9 Å². The lowest BCUT2D eigenvalue weighted by Crippen LogP contribution is -2.02. The smallest absolute Gasteiger partial charge is 0.337 e. The Labute approximate surface area is 122 Å². The van der Waals surface area contributed by atoms with Crippen LogP contribution < -0.4 is 5.32 Å². The van der Waals surface area contributed by atoms with Gasteiger partial charge in [0.2, 0.25) is 0 Å². The second-order valence-electron chi connectivity index (χ2n) is 3.75. The van der Waals surface area contributed by atoms with Gasteiger partial charge < -0.3 is 10.4 Å². The van der Waals surface area contributed by atoms with Crippen LogP contribution in [0.4, 0.5) is 15.8 Å². The lowest BCUT2D eigenvalue weighted by molar-refractivity contribution is 0.0698. The maximum absolute atomic E-state index is 13.0. The molecular formula is C13H8BrClFNO2. The third kappa shape index (κ3) is 3.24. The summed E-state index contributed by atoms with van der Waals surface area (Å²) in [4.78, 5) is 11.1. The van der Waals surface area contributed by atoms with Crippen LogP contribution in [-0.2, 0) is 0 Å². The van der Waals surface area contributed by atoms with Gasteiger partial charge in [-0.15, -0.1) is 0 Å². The fourth-order valence-corrected chi connectivity index (χ4v) is 2.07. The molecular weight excluding hydrogens is 337 g/mol. The number of rotatable bonds is 3. The molecule has 0 saturated heterocycles. The van der Waals surface area contributed by atoms with E-state index in [0.29, 0.717) is 15.8 Å². The molecule has 0 aliphatic heterocycles. The molecule has 2 rings (SSSR count). The predicted molar refractivity (Wildman–Crippen MR) is 75.8 cm³/mol. The van der Waals surface area contributed by atoms with E-state index in [-0.39, 0.29) is 10.6 Å². The molecule has 0 heterocycles. The topological polar surface area (TPSA) is 49.3 Å². The Kier molecular flexibility index (Phi) is 4.07. The number of halogens is 3. The molecule has 0 bridgehead atoms. The zero-order chi connectivity index (χ0) is 14.0. The first-order valence-corrected chi connectivity index (χ1v) is 6.39. The van der Waals surface area contributed by atoms with E-state index < -0.39 is 11.8 Å². The van der Waals surface area contributed by atoms with Crippen molar-refractivity contribution in [2.75, 3.05) is 5.32 Å². The van der Waals surface area contributed by atoms with Gasteiger partial charge in [-0.25, -0.2) is 9.18 Å².